The molecule has 0 spiro atoms. The summed E-state index contributed by atoms with van der Waals surface area (Å²) in [5, 5.41) is 0. The molecule has 0 heterocycles. The molecule has 6 nitrogen and oxygen atoms in total. The Labute approximate surface area is 179 Å². The monoisotopic (exact) mass is 433 g/mol. The van der Waals surface area contributed by atoms with Crippen molar-refractivity contribution >= 4 is 16.0 Å². The van der Waals surface area contributed by atoms with Gasteiger partial charge in [0.1, 0.15) is 0 Å². The molecular formula is C23H31NO5S. The van der Waals surface area contributed by atoms with Crippen molar-refractivity contribution in [3.63, 3.8) is 0 Å². The Morgan fingerprint density at radius 3 is 2.17 bits per heavy atom. The predicted molar refractivity (Wildman–Crippen MR) is 119 cm³/mol. The Morgan fingerprint density at radius 2 is 1.63 bits per heavy atom. The van der Waals surface area contributed by atoms with Crippen molar-refractivity contribution in [2.45, 2.75) is 53.1 Å². The molecule has 0 N–H and O–H groups in total. The number of hydrogen-bond acceptors (Lipinski definition) is 5. The van der Waals surface area contributed by atoms with Gasteiger partial charge in [-0.3, -0.25) is 4.79 Å². The van der Waals surface area contributed by atoms with Crippen LogP contribution in [0.5, 0.6) is 11.5 Å². The number of ether oxygens (including phenoxy) is 1. The van der Waals surface area contributed by atoms with Crippen LogP contribution in [-0.4, -0.2) is 38.1 Å². The Morgan fingerprint density at radius 1 is 1.00 bits per heavy atom. The third kappa shape index (κ3) is 5.98. The van der Waals surface area contributed by atoms with E-state index in [1.165, 1.54) is 19.6 Å². The molecule has 0 aromatic heterocycles. The molecule has 1 unspecified atom stereocenters. The van der Waals surface area contributed by atoms with E-state index in [1.807, 2.05) is 44.2 Å². The number of carbonyl (C=O) groups excluding carboxylic acids is 1. The number of carbonyl (C=O) groups is 1. The molecule has 0 radical (unpaired) electrons. The molecular weight excluding hydrogens is 402 g/mol. The highest BCUT2D eigenvalue weighted by Crippen LogP contribution is 2.30. The lowest BCUT2D eigenvalue weighted by molar-refractivity contribution is 0.0671. The number of nitrogens with zero attached hydrogens (tertiary/aromatic N) is 1. The highest BCUT2D eigenvalue weighted by atomic mass is 32.2. The van der Waals surface area contributed by atoms with Crippen molar-refractivity contribution in [2.24, 2.45) is 0 Å². The van der Waals surface area contributed by atoms with Gasteiger partial charge in [-0.1, -0.05) is 32.0 Å². The fraction of sp³-hybridized carbons (Fsp3) is 0.435. The lowest BCUT2D eigenvalue weighted by atomic mass is 10.1. The van der Waals surface area contributed by atoms with Gasteiger partial charge in [0.25, 0.3) is 5.91 Å². The van der Waals surface area contributed by atoms with Crippen molar-refractivity contribution in [3.8, 4) is 11.5 Å². The Bertz CT molecular complexity index is 954. The molecule has 2 aromatic carbocycles. The maximum atomic E-state index is 13.2. The molecule has 0 fully saturated rings. The Hall–Kier alpha value is -2.54. The second-order valence-corrected chi connectivity index (χ2v) is 9.02. The third-order valence-electron chi connectivity index (χ3n) is 5.14. The van der Waals surface area contributed by atoms with Gasteiger partial charge in [0.05, 0.1) is 12.9 Å². The van der Waals surface area contributed by atoms with E-state index >= 15 is 0 Å². The SMILES string of the molecule is CCc1ccc(C(=O)N(Cc2ccc(OC)c(OS(=O)(=O)CC)c2)C(C)CC)cc1. The van der Waals surface area contributed by atoms with Crippen LogP contribution >= 0.6 is 0 Å². The third-order valence-corrected chi connectivity index (χ3v) is 6.28. The molecule has 0 aliphatic rings. The molecule has 0 bridgehead atoms. The van der Waals surface area contributed by atoms with E-state index in [0.29, 0.717) is 17.9 Å². The number of amides is 1. The van der Waals surface area contributed by atoms with Crippen molar-refractivity contribution in [3.05, 3.63) is 59.2 Å². The van der Waals surface area contributed by atoms with Crippen LogP contribution in [-0.2, 0) is 23.1 Å². The van der Waals surface area contributed by atoms with Crippen LogP contribution < -0.4 is 8.92 Å². The van der Waals surface area contributed by atoms with Crippen LogP contribution in [0.4, 0.5) is 0 Å². The average Bonchev–Trinajstić information content (AvgIpc) is 2.76. The van der Waals surface area contributed by atoms with Gasteiger partial charge < -0.3 is 13.8 Å². The van der Waals surface area contributed by atoms with E-state index in [0.717, 1.165) is 18.4 Å². The van der Waals surface area contributed by atoms with E-state index in [4.69, 9.17) is 8.92 Å². The minimum atomic E-state index is -3.70. The first kappa shape index (κ1) is 23.7. The van der Waals surface area contributed by atoms with E-state index < -0.39 is 10.1 Å². The summed E-state index contributed by atoms with van der Waals surface area (Å²) in [7, 11) is -2.24. The summed E-state index contributed by atoms with van der Waals surface area (Å²) in [5.74, 6) is 0.241. The van der Waals surface area contributed by atoms with Gasteiger partial charge in [0.2, 0.25) is 0 Å². The van der Waals surface area contributed by atoms with E-state index in [1.54, 1.807) is 17.0 Å². The second-order valence-electron chi connectivity index (χ2n) is 7.16. The maximum absolute atomic E-state index is 13.2. The minimum Gasteiger partial charge on any atom is -0.493 e. The molecule has 0 saturated heterocycles. The van der Waals surface area contributed by atoms with Crippen molar-refractivity contribution in [2.75, 3.05) is 12.9 Å². The summed E-state index contributed by atoms with van der Waals surface area (Å²) < 4.78 is 34.3. The first-order valence-corrected chi connectivity index (χ1v) is 11.8. The molecule has 2 aromatic rings. The number of aryl methyl sites for hydroxylation is 1. The normalized spacial score (nSPS) is 12.3. The van der Waals surface area contributed by atoms with Gasteiger partial charge in [-0.25, -0.2) is 0 Å². The van der Waals surface area contributed by atoms with Crippen LogP contribution in [0.25, 0.3) is 0 Å². The van der Waals surface area contributed by atoms with Gasteiger partial charge in [0, 0.05) is 18.2 Å². The predicted octanol–water partition coefficient (Wildman–Crippen LogP) is 4.43. The van der Waals surface area contributed by atoms with Crippen molar-refractivity contribution in [1.29, 1.82) is 0 Å². The average molecular weight is 434 g/mol. The largest absolute Gasteiger partial charge is 0.493 e. The molecule has 0 saturated carbocycles. The van der Waals surface area contributed by atoms with E-state index in [9.17, 15) is 13.2 Å². The fourth-order valence-corrected chi connectivity index (χ4v) is 3.50. The standard InChI is InChI=1S/C23H31NO5S/c1-6-17(4)24(23(25)20-12-9-18(7-2)10-13-20)16-19-11-14-21(28-5)22(15-19)29-30(26,27)8-3/h9-15,17H,6-8,16H2,1-5H3. The molecule has 7 heteroatoms. The molecule has 2 rings (SSSR count). The van der Waals surface area contributed by atoms with Crippen LogP contribution in [0, 0.1) is 0 Å². The zero-order valence-corrected chi connectivity index (χ0v) is 19.2. The highest BCUT2D eigenvalue weighted by molar-refractivity contribution is 7.87. The lowest BCUT2D eigenvalue weighted by Gasteiger charge is -2.29. The zero-order valence-electron chi connectivity index (χ0n) is 18.3. The number of benzene rings is 2. The topological polar surface area (TPSA) is 72.9 Å². The second kappa shape index (κ2) is 10.5. The summed E-state index contributed by atoms with van der Waals surface area (Å²) in [6.07, 6.45) is 1.71. The summed E-state index contributed by atoms with van der Waals surface area (Å²) in [6, 6.07) is 12.7. The lowest BCUT2D eigenvalue weighted by Crippen LogP contribution is -2.37. The smallest absolute Gasteiger partial charge is 0.309 e. The van der Waals surface area contributed by atoms with Crippen molar-refractivity contribution in [1.82, 2.24) is 4.90 Å². The zero-order chi connectivity index (χ0) is 22.3. The van der Waals surface area contributed by atoms with E-state index in [2.05, 4.69) is 6.92 Å². The molecule has 1 atom stereocenters. The summed E-state index contributed by atoms with van der Waals surface area (Å²) in [6.45, 7) is 7.95. The summed E-state index contributed by atoms with van der Waals surface area (Å²) >= 11 is 0. The summed E-state index contributed by atoms with van der Waals surface area (Å²) in [5.41, 5.74) is 2.57. The van der Waals surface area contributed by atoms with Gasteiger partial charge in [-0.2, -0.15) is 8.42 Å². The van der Waals surface area contributed by atoms with Gasteiger partial charge >= 0.3 is 10.1 Å². The number of rotatable bonds is 10. The minimum absolute atomic E-state index is 0.00851. The van der Waals surface area contributed by atoms with Gasteiger partial charge in [0.15, 0.2) is 11.5 Å². The summed E-state index contributed by atoms with van der Waals surface area (Å²) in [4.78, 5) is 15.0. The maximum Gasteiger partial charge on any atom is 0.309 e. The van der Waals surface area contributed by atoms with Crippen LogP contribution in [0.15, 0.2) is 42.5 Å². The molecule has 1 amide bonds. The van der Waals surface area contributed by atoms with Gasteiger partial charge in [-0.05, 0) is 62.1 Å². The van der Waals surface area contributed by atoms with E-state index in [-0.39, 0.29) is 23.5 Å². The fourth-order valence-electron chi connectivity index (χ4n) is 2.97. The first-order valence-electron chi connectivity index (χ1n) is 10.2. The first-order chi connectivity index (χ1) is 14.2. The number of methoxy groups -OCH3 is 1. The van der Waals surface area contributed by atoms with Crippen LogP contribution in [0.3, 0.4) is 0 Å². The van der Waals surface area contributed by atoms with Crippen LogP contribution in [0.1, 0.15) is 55.6 Å². The number of hydrogen-bond donors (Lipinski definition) is 0. The van der Waals surface area contributed by atoms with Gasteiger partial charge in [-0.15, -0.1) is 0 Å². The Kier molecular flexibility index (Phi) is 8.29. The highest BCUT2D eigenvalue weighted by Gasteiger charge is 2.22. The molecule has 0 aliphatic carbocycles. The van der Waals surface area contributed by atoms with Crippen LogP contribution in [0.2, 0.25) is 0 Å². The molecule has 164 valence electrons. The molecule has 0 aliphatic heterocycles. The quantitative estimate of drug-likeness (QED) is 0.519. The van der Waals surface area contributed by atoms with Crippen molar-refractivity contribution < 1.29 is 22.1 Å². The Balaban J connectivity index is 2.34. The molecule has 30 heavy (non-hydrogen) atoms.